The lowest BCUT2D eigenvalue weighted by Crippen LogP contribution is -2.28. The molecule has 0 radical (unpaired) electrons. The van der Waals surface area contributed by atoms with Crippen molar-refractivity contribution in [3.05, 3.63) is 39.8 Å². The van der Waals surface area contributed by atoms with Crippen molar-refractivity contribution in [3.8, 4) is 12.3 Å². The van der Waals surface area contributed by atoms with Gasteiger partial charge in [-0.1, -0.05) is 29.7 Å². The van der Waals surface area contributed by atoms with Gasteiger partial charge in [0.15, 0.2) is 0 Å². The Morgan fingerprint density at radius 1 is 1.33 bits per heavy atom. The van der Waals surface area contributed by atoms with Crippen molar-refractivity contribution in [2.45, 2.75) is 0 Å². The highest BCUT2D eigenvalue weighted by Gasteiger charge is 2.34. The van der Waals surface area contributed by atoms with E-state index in [0.717, 1.165) is 22.2 Å². The average molecular weight is 278 g/mol. The van der Waals surface area contributed by atoms with Gasteiger partial charge in [0.25, 0.3) is 11.1 Å². The number of amides is 2. The van der Waals surface area contributed by atoms with E-state index in [0.29, 0.717) is 9.93 Å². The largest absolute Gasteiger partial charge is 0.294 e. The number of rotatable bonds is 2. The van der Waals surface area contributed by atoms with Crippen LogP contribution in [0.15, 0.2) is 29.2 Å². The number of thioether (sulfide) groups is 1. The molecular weight excluding hydrogens is 270 g/mol. The van der Waals surface area contributed by atoms with Crippen molar-refractivity contribution in [1.29, 1.82) is 0 Å². The Hall–Kier alpha value is -1.70. The lowest BCUT2D eigenvalue weighted by atomic mass is 10.2. The van der Waals surface area contributed by atoms with E-state index in [4.69, 9.17) is 18.0 Å². The van der Waals surface area contributed by atoms with Crippen molar-refractivity contribution in [2.75, 3.05) is 6.54 Å². The fraction of sp³-hybridized carbons (Fsp3) is 0.0769. The summed E-state index contributed by atoms with van der Waals surface area (Å²) >= 11 is 6.66. The molecule has 0 spiro atoms. The average Bonchev–Trinajstić information content (AvgIpc) is 2.60. The number of hydrogen-bond donors (Lipinski definition) is 0. The van der Waals surface area contributed by atoms with Crippen LogP contribution in [-0.4, -0.2) is 22.6 Å². The molecule has 0 unspecified atom stereocenters. The molecule has 0 aromatic heterocycles. The van der Waals surface area contributed by atoms with Gasteiger partial charge in [-0.05, 0) is 35.5 Å². The number of benzene rings is 1. The summed E-state index contributed by atoms with van der Waals surface area (Å²) in [6.07, 6.45) is 6.76. The van der Waals surface area contributed by atoms with E-state index in [-0.39, 0.29) is 17.7 Å². The molecule has 0 bridgehead atoms. The first-order valence-corrected chi connectivity index (χ1v) is 6.25. The number of imide groups is 1. The van der Waals surface area contributed by atoms with E-state index in [2.05, 4.69) is 5.92 Å². The highest BCUT2D eigenvalue weighted by Crippen LogP contribution is 2.31. The van der Waals surface area contributed by atoms with E-state index in [9.17, 15) is 9.59 Å². The van der Waals surface area contributed by atoms with Gasteiger partial charge in [-0.15, -0.1) is 6.42 Å². The highest BCUT2D eigenvalue weighted by atomic mass is 35.5. The molecule has 5 heteroatoms. The lowest BCUT2D eigenvalue weighted by molar-refractivity contribution is -0.122. The van der Waals surface area contributed by atoms with Gasteiger partial charge >= 0.3 is 0 Å². The normalized spacial score (nSPS) is 17.3. The second kappa shape index (κ2) is 5.30. The second-order valence-corrected chi connectivity index (χ2v) is 4.95. The number of halogens is 1. The molecule has 1 aromatic carbocycles. The molecule has 18 heavy (non-hydrogen) atoms. The standard InChI is InChI=1S/C13H8ClNO2S/c1-2-7-15-12(16)11(18-13(15)17)8-9-3-5-10(14)6-4-9/h1,3-6,8H,7H2/b11-8-. The molecule has 3 nitrogen and oxygen atoms in total. The van der Waals surface area contributed by atoms with Crippen LogP contribution >= 0.6 is 23.4 Å². The molecule has 1 saturated heterocycles. The Balaban J connectivity index is 2.25. The van der Waals surface area contributed by atoms with Gasteiger partial charge in [-0.25, -0.2) is 0 Å². The summed E-state index contributed by atoms with van der Waals surface area (Å²) in [6, 6.07) is 6.99. The maximum atomic E-state index is 11.9. The summed E-state index contributed by atoms with van der Waals surface area (Å²) in [5.74, 6) is 1.94. The summed E-state index contributed by atoms with van der Waals surface area (Å²) < 4.78 is 0. The quantitative estimate of drug-likeness (QED) is 0.616. The maximum absolute atomic E-state index is 11.9. The zero-order valence-electron chi connectivity index (χ0n) is 9.22. The SMILES string of the molecule is C#CCN1C(=O)S/C(=C\c2ccc(Cl)cc2)C1=O. The number of nitrogens with zero attached hydrogens (tertiary/aromatic N) is 1. The first-order valence-electron chi connectivity index (χ1n) is 5.06. The van der Waals surface area contributed by atoms with Gasteiger partial charge < -0.3 is 0 Å². The van der Waals surface area contributed by atoms with Crippen LogP contribution in [0.3, 0.4) is 0 Å². The minimum atomic E-state index is -0.349. The van der Waals surface area contributed by atoms with Crippen LogP contribution in [-0.2, 0) is 4.79 Å². The molecule has 1 fully saturated rings. The lowest BCUT2D eigenvalue weighted by Gasteiger charge is -2.06. The van der Waals surface area contributed by atoms with Crippen LogP contribution in [0.25, 0.3) is 6.08 Å². The predicted octanol–water partition coefficient (Wildman–Crippen LogP) is 3.01. The van der Waals surface area contributed by atoms with E-state index < -0.39 is 0 Å². The Bertz CT molecular complexity index is 572. The van der Waals surface area contributed by atoms with Gasteiger partial charge in [0.1, 0.15) is 0 Å². The van der Waals surface area contributed by atoms with Crippen LogP contribution < -0.4 is 0 Å². The second-order valence-electron chi connectivity index (χ2n) is 3.52. The van der Waals surface area contributed by atoms with Crippen molar-refractivity contribution >= 4 is 40.6 Å². The molecule has 2 amide bonds. The van der Waals surface area contributed by atoms with Gasteiger partial charge in [0.2, 0.25) is 0 Å². The molecule has 1 heterocycles. The van der Waals surface area contributed by atoms with Crippen molar-refractivity contribution in [2.24, 2.45) is 0 Å². The first kappa shape index (κ1) is 12.7. The van der Waals surface area contributed by atoms with Gasteiger partial charge in [-0.2, -0.15) is 0 Å². The van der Waals surface area contributed by atoms with Crippen LogP contribution in [0.2, 0.25) is 5.02 Å². The summed E-state index contributed by atoms with van der Waals surface area (Å²) in [5, 5.41) is 0.283. The monoisotopic (exact) mass is 277 g/mol. The van der Waals surface area contributed by atoms with Gasteiger partial charge in [0, 0.05) is 5.02 Å². The molecule has 0 saturated carbocycles. The van der Waals surface area contributed by atoms with Crippen molar-refractivity contribution in [1.82, 2.24) is 4.90 Å². The highest BCUT2D eigenvalue weighted by molar-refractivity contribution is 8.18. The van der Waals surface area contributed by atoms with Crippen LogP contribution in [0.1, 0.15) is 5.56 Å². The third-order valence-corrected chi connectivity index (χ3v) is 3.45. The summed E-state index contributed by atoms with van der Waals surface area (Å²) in [5.41, 5.74) is 0.811. The molecule has 1 aliphatic heterocycles. The van der Waals surface area contributed by atoms with E-state index in [1.165, 1.54) is 0 Å². The molecule has 1 aliphatic rings. The van der Waals surface area contributed by atoms with Gasteiger partial charge in [-0.3, -0.25) is 14.5 Å². The maximum Gasteiger partial charge on any atom is 0.294 e. The molecule has 90 valence electrons. The molecular formula is C13H8ClNO2S. The van der Waals surface area contributed by atoms with Crippen LogP contribution in [0.4, 0.5) is 4.79 Å². The Kier molecular flexibility index (Phi) is 3.75. The molecule has 0 atom stereocenters. The summed E-state index contributed by atoms with van der Waals surface area (Å²) in [7, 11) is 0. The molecule has 0 N–H and O–H groups in total. The Morgan fingerprint density at radius 2 is 2.00 bits per heavy atom. The predicted molar refractivity (Wildman–Crippen MR) is 73.0 cm³/mol. The van der Waals surface area contributed by atoms with Crippen LogP contribution in [0.5, 0.6) is 0 Å². The molecule has 2 rings (SSSR count). The fourth-order valence-electron chi connectivity index (χ4n) is 1.44. The van der Waals surface area contributed by atoms with E-state index in [1.807, 2.05) is 0 Å². The number of terminal acetylenes is 1. The number of hydrogen-bond acceptors (Lipinski definition) is 3. The number of carbonyl (C=O) groups excluding carboxylic acids is 2. The van der Waals surface area contributed by atoms with Gasteiger partial charge in [0.05, 0.1) is 11.4 Å². The van der Waals surface area contributed by atoms with Crippen LogP contribution in [0, 0.1) is 12.3 Å². The first-order chi connectivity index (χ1) is 8.61. The Morgan fingerprint density at radius 3 is 2.61 bits per heavy atom. The Labute approximate surface area is 114 Å². The zero-order valence-corrected chi connectivity index (χ0v) is 10.8. The van der Waals surface area contributed by atoms with E-state index in [1.54, 1.807) is 30.3 Å². The molecule has 1 aromatic rings. The minimum Gasteiger partial charge on any atom is -0.268 e. The smallest absolute Gasteiger partial charge is 0.268 e. The third kappa shape index (κ3) is 2.58. The summed E-state index contributed by atoms with van der Waals surface area (Å²) in [4.78, 5) is 24.8. The molecule has 0 aliphatic carbocycles. The number of carbonyl (C=O) groups is 2. The van der Waals surface area contributed by atoms with Crippen molar-refractivity contribution in [3.63, 3.8) is 0 Å². The summed E-state index contributed by atoms with van der Waals surface area (Å²) in [6.45, 7) is 0.00260. The van der Waals surface area contributed by atoms with Crippen molar-refractivity contribution < 1.29 is 9.59 Å². The van der Waals surface area contributed by atoms with E-state index >= 15 is 0 Å². The topological polar surface area (TPSA) is 37.4 Å². The zero-order chi connectivity index (χ0) is 13.1. The minimum absolute atomic E-state index is 0.00260. The third-order valence-electron chi connectivity index (χ3n) is 2.29. The fourth-order valence-corrected chi connectivity index (χ4v) is 2.40.